The number of nitrogens with zero attached hydrogens (tertiary/aromatic N) is 1. The highest BCUT2D eigenvalue weighted by Crippen LogP contribution is 2.29. The summed E-state index contributed by atoms with van der Waals surface area (Å²) in [6.07, 6.45) is -0.0485. The first-order chi connectivity index (χ1) is 11.5. The fourth-order valence-electron chi connectivity index (χ4n) is 2.61. The number of rotatable bonds is 3. The number of anilines is 2. The molecular formula is C17H13ClF2N2O2. The number of halogens is 3. The average molecular weight is 351 g/mol. The van der Waals surface area contributed by atoms with Crippen molar-refractivity contribution in [1.29, 1.82) is 0 Å². The van der Waals surface area contributed by atoms with Crippen molar-refractivity contribution in [2.24, 2.45) is 5.92 Å². The molecule has 0 radical (unpaired) electrons. The van der Waals surface area contributed by atoms with Crippen LogP contribution in [0.4, 0.5) is 20.2 Å². The molecule has 24 heavy (non-hydrogen) atoms. The largest absolute Gasteiger partial charge is 0.324 e. The Morgan fingerprint density at radius 3 is 2.67 bits per heavy atom. The first-order valence-corrected chi connectivity index (χ1v) is 7.64. The molecule has 1 N–H and O–H groups in total. The number of para-hydroxylation sites is 1. The van der Waals surface area contributed by atoms with Crippen LogP contribution in [-0.2, 0) is 9.59 Å². The number of carbonyl (C=O) groups excluding carboxylic acids is 2. The fraction of sp³-hybridized carbons (Fsp3) is 0.176. The highest BCUT2D eigenvalue weighted by molar-refractivity contribution is 6.33. The molecule has 1 unspecified atom stereocenters. The van der Waals surface area contributed by atoms with Gasteiger partial charge in [0.2, 0.25) is 11.8 Å². The Bertz CT molecular complexity index is 813. The Kier molecular flexibility index (Phi) is 4.49. The molecule has 0 saturated carbocycles. The number of carbonyl (C=O) groups is 2. The van der Waals surface area contributed by atoms with Crippen molar-refractivity contribution in [2.45, 2.75) is 6.42 Å². The summed E-state index contributed by atoms with van der Waals surface area (Å²) >= 11 is 5.99. The van der Waals surface area contributed by atoms with E-state index in [-0.39, 0.29) is 30.5 Å². The van der Waals surface area contributed by atoms with Crippen molar-refractivity contribution in [3.8, 4) is 0 Å². The molecule has 0 spiro atoms. The molecule has 4 nitrogen and oxygen atoms in total. The molecule has 7 heteroatoms. The third kappa shape index (κ3) is 3.23. The Morgan fingerprint density at radius 1 is 1.21 bits per heavy atom. The highest BCUT2D eigenvalue weighted by Gasteiger charge is 2.36. The summed E-state index contributed by atoms with van der Waals surface area (Å²) in [5.74, 6) is -2.97. The van der Waals surface area contributed by atoms with Crippen molar-refractivity contribution in [2.75, 3.05) is 16.8 Å². The normalized spacial score (nSPS) is 17.2. The van der Waals surface area contributed by atoms with Crippen molar-refractivity contribution in [3.63, 3.8) is 0 Å². The van der Waals surface area contributed by atoms with E-state index in [1.165, 1.54) is 6.07 Å². The molecule has 1 fully saturated rings. The number of benzene rings is 2. The predicted octanol–water partition coefficient (Wildman–Crippen LogP) is 3.61. The first-order valence-electron chi connectivity index (χ1n) is 7.26. The number of amides is 2. The SMILES string of the molecule is O=C(Nc1ccccc1Cl)C1CC(=O)N(c2ccc(F)cc2F)C1. The van der Waals surface area contributed by atoms with Gasteiger partial charge in [-0.2, -0.15) is 0 Å². The van der Waals surface area contributed by atoms with Gasteiger partial charge in [0.15, 0.2) is 0 Å². The van der Waals surface area contributed by atoms with Crippen LogP contribution in [0.1, 0.15) is 6.42 Å². The maximum Gasteiger partial charge on any atom is 0.229 e. The Morgan fingerprint density at radius 2 is 1.96 bits per heavy atom. The van der Waals surface area contributed by atoms with Crippen LogP contribution in [0.3, 0.4) is 0 Å². The molecule has 2 amide bonds. The molecule has 0 aromatic heterocycles. The lowest BCUT2D eigenvalue weighted by atomic mass is 10.1. The Labute approximate surface area is 142 Å². The second-order valence-electron chi connectivity index (χ2n) is 5.47. The van der Waals surface area contributed by atoms with Crippen LogP contribution in [0.25, 0.3) is 0 Å². The van der Waals surface area contributed by atoms with Gasteiger partial charge < -0.3 is 10.2 Å². The average Bonchev–Trinajstić information content (AvgIpc) is 2.91. The van der Waals surface area contributed by atoms with Crippen molar-refractivity contribution in [3.05, 3.63) is 59.1 Å². The first kappa shape index (κ1) is 16.4. The fourth-order valence-corrected chi connectivity index (χ4v) is 2.80. The number of hydrogen-bond donors (Lipinski definition) is 1. The third-order valence-electron chi connectivity index (χ3n) is 3.83. The molecule has 2 aromatic carbocycles. The van der Waals surface area contributed by atoms with Crippen LogP contribution in [0, 0.1) is 17.6 Å². The van der Waals surface area contributed by atoms with E-state index in [4.69, 9.17) is 11.6 Å². The molecule has 3 rings (SSSR count). The molecule has 2 aromatic rings. The quantitative estimate of drug-likeness (QED) is 0.919. The molecule has 1 aliphatic heterocycles. The summed E-state index contributed by atoms with van der Waals surface area (Å²) in [4.78, 5) is 25.6. The lowest BCUT2D eigenvalue weighted by molar-refractivity contribution is -0.122. The maximum atomic E-state index is 13.9. The van der Waals surface area contributed by atoms with E-state index in [1.807, 2.05) is 0 Å². The zero-order valence-corrected chi connectivity index (χ0v) is 13.2. The standard InChI is InChI=1S/C17H13ClF2N2O2/c18-12-3-1-2-4-14(12)21-17(24)10-7-16(23)22(9-10)15-6-5-11(19)8-13(15)20/h1-6,8,10H,7,9H2,(H,21,24). The van der Waals surface area contributed by atoms with E-state index < -0.39 is 17.6 Å². The summed E-state index contributed by atoms with van der Waals surface area (Å²) in [6.45, 7) is 0.0255. The topological polar surface area (TPSA) is 49.4 Å². The lowest BCUT2D eigenvalue weighted by Gasteiger charge is -2.17. The van der Waals surface area contributed by atoms with Gasteiger partial charge in [0.05, 0.1) is 22.3 Å². The van der Waals surface area contributed by atoms with Crippen molar-refractivity contribution >= 4 is 34.8 Å². The van der Waals surface area contributed by atoms with Gasteiger partial charge in [0.25, 0.3) is 0 Å². The Balaban J connectivity index is 1.74. The summed E-state index contributed by atoms with van der Waals surface area (Å²) in [5.41, 5.74) is 0.414. The van der Waals surface area contributed by atoms with Gasteiger partial charge >= 0.3 is 0 Å². The van der Waals surface area contributed by atoms with Crippen LogP contribution in [0.2, 0.25) is 5.02 Å². The summed E-state index contributed by atoms with van der Waals surface area (Å²) in [7, 11) is 0. The van der Waals surface area contributed by atoms with Gasteiger partial charge in [-0.25, -0.2) is 8.78 Å². The Hall–Kier alpha value is -2.47. The smallest absolute Gasteiger partial charge is 0.229 e. The summed E-state index contributed by atoms with van der Waals surface area (Å²) in [6, 6.07) is 9.71. The van der Waals surface area contributed by atoms with Gasteiger partial charge in [-0.05, 0) is 24.3 Å². The molecule has 1 saturated heterocycles. The third-order valence-corrected chi connectivity index (χ3v) is 4.16. The molecule has 124 valence electrons. The van der Waals surface area contributed by atoms with Crippen molar-refractivity contribution < 1.29 is 18.4 Å². The molecule has 1 atom stereocenters. The monoisotopic (exact) mass is 350 g/mol. The lowest BCUT2D eigenvalue weighted by Crippen LogP contribution is -2.28. The van der Waals surface area contributed by atoms with Crippen LogP contribution in [0.5, 0.6) is 0 Å². The van der Waals surface area contributed by atoms with Gasteiger partial charge in [-0.15, -0.1) is 0 Å². The van der Waals surface area contributed by atoms with E-state index in [1.54, 1.807) is 24.3 Å². The van der Waals surface area contributed by atoms with Gasteiger partial charge in [0.1, 0.15) is 11.6 Å². The van der Waals surface area contributed by atoms with E-state index in [0.717, 1.165) is 11.0 Å². The van der Waals surface area contributed by atoms with Crippen LogP contribution >= 0.6 is 11.6 Å². The van der Waals surface area contributed by atoms with E-state index >= 15 is 0 Å². The van der Waals surface area contributed by atoms with Crippen LogP contribution in [0.15, 0.2) is 42.5 Å². The minimum atomic E-state index is -0.837. The molecule has 1 aliphatic rings. The maximum absolute atomic E-state index is 13.9. The van der Waals surface area contributed by atoms with E-state index in [2.05, 4.69) is 5.32 Å². The zero-order valence-electron chi connectivity index (χ0n) is 12.4. The number of hydrogen-bond acceptors (Lipinski definition) is 2. The number of nitrogens with one attached hydrogen (secondary N) is 1. The van der Waals surface area contributed by atoms with Crippen LogP contribution < -0.4 is 10.2 Å². The summed E-state index contributed by atoms with van der Waals surface area (Å²) < 4.78 is 26.8. The minimum Gasteiger partial charge on any atom is -0.324 e. The second kappa shape index (κ2) is 6.57. The molecular weight excluding hydrogens is 338 g/mol. The second-order valence-corrected chi connectivity index (χ2v) is 5.88. The molecule has 0 bridgehead atoms. The predicted molar refractivity (Wildman–Crippen MR) is 86.9 cm³/mol. The van der Waals surface area contributed by atoms with Crippen LogP contribution in [-0.4, -0.2) is 18.4 Å². The van der Waals surface area contributed by atoms with Crippen molar-refractivity contribution in [1.82, 2.24) is 0 Å². The van der Waals surface area contributed by atoms with E-state index in [9.17, 15) is 18.4 Å². The molecule has 1 heterocycles. The molecule has 0 aliphatic carbocycles. The summed E-state index contributed by atoms with van der Waals surface area (Å²) in [5, 5.41) is 3.05. The van der Waals surface area contributed by atoms with E-state index in [0.29, 0.717) is 16.8 Å². The minimum absolute atomic E-state index is 0.0255. The highest BCUT2D eigenvalue weighted by atomic mass is 35.5. The van der Waals surface area contributed by atoms with Gasteiger partial charge in [-0.3, -0.25) is 9.59 Å². The zero-order chi connectivity index (χ0) is 17.3. The van der Waals surface area contributed by atoms with Gasteiger partial charge in [-0.1, -0.05) is 23.7 Å². The van der Waals surface area contributed by atoms with Gasteiger partial charge in [0, 0.05) is 19.0 Å².